The summed E-state index contributed by atoms with van der Waals surface area (Å²) in [7, 11) is 0. The molecule has 144 valence electrons. The third-order valence-electron chi connectivity index (χ3n) is 3.75. The molecule has 0 spiro atoms. The molecule has 0 bridgehead atoms. The van der Waals surface area contributed by atoms with Crippen LogP contribution in [-0.2, 0) is 12.7 Å². The van der Waals surface area contributed by atoms with Crippen molar-refractivity contribution >= 4 is 17.5 Å². The van der Waals surface area contributed by atoms with E-state index >= 15 is 0 Å². The summed E-state index contributed by atoms with van der Waals surface area (Å²) in [5, 5.41) is 4.80. The lowest BCUT2D eigenvalue weighted by molar-refractivity contribution is -0.136. The van der Waals surface area contributed by atoms with Crippen LogP contribution in [0.1, 0.15) is 32.0 Å². The van der Waals surface area contributed by atoms with Crippen LogP contribution in [0.25, 0.3) is 0 Å². The zero-order valence-corrected chi connectivity index (χ0v) is 14.3. The van der Waals surface area contributed by atoms with Crippen LogP contribution in [0.15, 0.2) is 65.5 Å². The molecular weight excluding hydrogens is 375 g/mol. The number of aromatic nitrogens is 1. The van der Waals surface area contributed by atoms with Gasteiger partial charge in [-0.2, -0.15) is 13.2 Å². The predicted molar refractivity (Wildman–Crippen MR) is 93.5 cm³/mol. The van der Waals surface area contributed by atoms with Gasteiger partial charge in [0.2, 0.25) is 0 Å². The maximum atomic E-state index is 13.0. The molecule has 0 atom stereocenters. The Morgan fingerprint density at radius 3 is 2.39 bits per heavy atom. The molecule has 2 heterocycles. The van der Waals surface area contributed by atoms with Crippen molar-refractivity contribution in [1.29, 1.82) is 0 Å². The van der Waals surface area contributed by atoms with Gasteiger partial charge < -0.3 is 15.1 Å². The molecule has 3 aromatic rings. The summed E-state index contributed by atoms with van der Waals surface area (Å²) < 4.78 is 44.2. The van der Waals surface area contributed by atoms with Gasteiger partial charge >= 0.3 is 6.18 Å². The highest BCUT2D eigenvalue weighted by Gasteiger charge is 2.33. The first-order valence-electron chi connectivity index (χ1n) is 8.08. The minimum absolute atomic E-state index is 0.0531. The summed E-state index contributed by atoms with van der Waals surface area (Å²) in [5.74, 6) is -0.780. The number of anilines is 1. The molecule has 0 radical (unpaired) electrons. The fourth-order valence-electron chi connectivity index (χ4n) is 2.40. The number of pyridine rings is 1. The molecule has 0 fully saturated rings. The predicted octanol–water partition coefficient (Wildman–Crippen LogP) is 3.88. The summed E-state index contributed by atoms with van der Waals surface area (Å²) in [4.78, 5) is 28.4. The zero-order valence-electron chi connectivity index (χ0n) is 14.3. The Kier molecular flexibility index (Phi) is 5.44. The molecule has 0 aliphatic carbocycles. The smallest absolute Gasteiger partial charge is 0.418 e. The minimum Gasteiger partial charge on any atom is -0.467 e. The number of para-hydroxylation sites is 1. The molecule has 6 nitrogen and oxygen atoms in total. The second kappa shape index (κ2) is 7.95. The molecule has 0 unspecified atom stereocenters. The maximum Gasteiger partial charge on any atom is 0.418 e. The van der Waals surface area contributed by atoms with Crippen molar-refractivity contribution < 1.29 is 27.2 Å². The number of halogens is 3. The Balaban J connectivity index is 1.73. The number of furan rings is 1. The van der Waals surface area contributed by atoms with Crippen LogP contribution >= 0.6 is 0 Å². The van der Waals surface area contributed by atoms with E-state index in [2.05, 4.69) is 15.6 Å². The average Bonchev–Trinajstić information content (AvgIpc) is 3.19. The van der Waals surface area contributed by atoms with Gasteiger partial charge in [0, 0.05) is 12.4 Å². The molecule has 1 aromatic carbocycles. The van der Waals surface area contributed by atoms with Gasteiger partial charge in [-0.25, -0.2) is 0 Å². The average molecular weight is 389 g/mol. The number of carbonyl (C=O) groups is 2. The highest BCUT2D eigenvalue weighted by atomic mass is 19.4. The number of carbonyl (C=O) groups excluding carboxylic acids is 2. The zero-order chi connectivity index (χ0) is 20.1. The van der Waals surface area contributed by atoms with Crippen molar-refractivity contribution in [2.75, 3.05) is 5.32 Å². The summed E-state index contributed by atoms with van der Waals surface area (Å²) in [5.41, 5.74) is -1.32. The number of rotatable bonds is 5. The van der Waals surface area contributed by atoms with E-state index in [0.29, 0.717) is 5.76 Å². The normalized spacial score (nSPS) is 11.1. The van der Waals surface area contributed by atoms with E-state index in [4.69, 9.17) is 4.42 Å². The van der Waals surface area contributed by atoms with Crippen molar-refractivity contribution in [2.45, 2.75) is 12.7 Å². The van der Waals surface area contributed by atoms with E-state index in [1.165, 1.54) is 30.7 Å². The monoisotopic (exact) mass is 389 g/mol. The van der Waals surface area contributed by atoms with E-state index in [1.54, 1.807) is 12.1 Å². The number of amides is 2. The topological polar surface area (TPSA) is 84.2 Å². The van der Waals surface area contributed by atoms with Crippen LogP contribution < -0.4 is 10.6 Å². The molecule has 0 saturated heterocycles. The lowest BCUT2D eigenvalue weighted by Crippen LogP contribution is -2.23. The van der Waals surface area contributed by atoms with Crippen molar-refractivity contribution in [3.05, 3.63) is 83.6 Å². The third-order valence-corrected chi connectivity index (χ3v) is 3.75. The summed E-state index contributed by atoms with van der Waals surface area (Å²) >= 11 is 0. The fourth-order valence-corrected chi connectivity index (χ4v) is 2.40. The van der Waals surface area contributed by atoms with Gasteiger partial charge in [-0.1, -0.05) is 12.1 Å². The number of hydrogen-bond acceptors (Lipinski definition) is 4. The fraction of sp³-hybridized carbons (Fsp3) is 0.105. The number of hydrogen-bond donors (Lipinski definition) is 2. The van der Waals surface area contributed by atoms with Crippen LogP contribution in [0.2, 0.25) is 0 Å². The highest BCUT2D eigenvalue weighted by Crippen LogP contribution is 2.34. The molecule has 2 amide bonds. The Morgan fingerprint density at radius 2 is 1.71 bits per heavy atom. The van der Waals surface area contributed by atoms with Crippen molar-refractivity contribution in [3.63, 3.8) is 0 Å². The molecular formula is C19H14F3N3O3. The number of nitrogens with zero attached hydrogens (tertiary/aromatic N) is 1. The van der Waals surface area contributed by atoms with Gasteiger partial charge in [-0.3, -0.25) is 14.6 Å². The van der Waals surface area contributed by atoms with Crippen LogP contribution in [0.5, 0.6) is 0 Å². The SMILES string of the molecule is O=C(NCc1ccco1)c1cncc(C(=O)Nc2ccccc2C(F)(F)F)c1. The first kappa shape index (κ1) is 19.2. The Morgan fingerprint density at radius 1 is 1.00 bits per heavy atom. The van der Waals surface area contributed by atoms with Crippen LogP contribution in [0.3, 0.4) is 0 Å². The first-order valence-corrected chi connectivity index (χ1v) is 8.08. The first-order chi connectivity index (χ1) is 13.3. The van der Waals surface area contributed by atoms with E-state index in [9.17, 15) is 22.8 Å². The van der Waals surface area contributed by atoms with E-state index in [1.807, 2.05) is 0 Å². The molecule has 3 rings (SSSR count). The lowest BCUT2D eigenvalue weighted by Gasteiger charge is -2.13. The molecule has 0 saturated carbocycles. The standard InChI is InChI=1S/C19H14F3N3O3/c20-19(21,22)15-5-1-2-6-16(15)25-18(27)13-8-12(9-23-10-13)17(26)24-11-14-4-3-7-28-14/h1-10H,11H2,(H,24,26)(H,25,27). The number of benzene rings is 1. The van der Waals surface area contributed by atoms with E-state index in [-0.39, 0.29) is 23.4 Å². The molecule has 0 aliphatic rings. The summed E-state index contributed by atoms with van der Waals surface area (Å²) in [6, 6.07) is 9.22. The van der Waals surface area contributed by atoms with Gasteiger partial charge in [0.1, 0.15) is 5.76 Å². The van der Waals surface area contributed by atoms with Gasteiger partial charge in [0.15, 0.2) is 0 Å². The van der Waals surface area contributed by atoms with Crippen LogP contribution in [0.4, 0.5) is 18.9 Å². The summed E-state index contributed by atoms with van der Waals surface area (Å²) in [6.07, 6.45) is -0.741. The minimum atomic E-state index is -4.62. The second-order valence-electron chi connectivity index (χ2n) is 5.72. The molecule has 28 heavy (non-hydrogen) atoms. The van der Waals surface area contributed by atoms with Gasteiger partial charge in [-0.05, 0) is 30.3 Å². The molecule has 9 heteroatoms. The Labute approximate surface area is 157 Å². The molecule has 2 aromatic heterocycles. The van der Waals surface area contributed by atoms with Crippen LogP contribution in [0, 0.1) is 0 Å². The van der Waals surface area contributed by atoms with Gasteiger partial charge in [0.25, 0.3) is 11.8 Å². The number of alkyl halides is 3. The van der Waals surface area contributed by atoms with Crippen molar-refractivity contribution in [2.24, 2.45) is 0 Å². The van der Waals surface area contributed by atoms with Gasteiger partial charge in [0.05, 0.1) is 35.2 Å². The second-order valence-corrected chi connectivity index (χ2v) is 5.72. The highest BCUT2D eigenvalue weighted by molar-refractivity contribution is 6.06. The van der Waals surface area contributed by atoms with E-state index in [0.717, 1.165) is 18.3 Å². The van der Waals surface area contributed by atoms with Crippen LogP contribution in [-0.4, -0.2) is 16.8 Å². The van der Waals surface area contributed by atoms with Gasteiger partial charge in [-0.15, -0.1) is 0 Å². The lowest BCUT2D eigenvalue weighted by atomic mass is 10.1. The van der Waals surface area contributed by atoms with E-state index < -0.39 is 23.6 Å². The molecule has 0 aliphatic heterocycles. The quantitative estimate of drug-likeness (QED) is 0.694. The van der Waals surface area contributed by atoms with Crippen molar-refractivity contribution in [1.82, 2.24) is 10.3 Å². The third kappa shape index (κ3) is 4.56. The number of nitrogens with one attached hydrogen (secondary N) is 2. The molecule has 2 N–H and O–H groups in total. The Bertz CT molecular complexity index is 985. The maximum absolute atomic E-state index is 13.0. The Hall–Kier alpha value is -3.62. The largest absolute Gasteiger partial charge is 0.467 e. The van der Waals surface area contributed by atoms with Crippen molar-refractivity contribution in [3.8, 4) is 0 Å². The summed E-state index contributed by atoms with van der Waals surface area (Å²) in [6.45, 7) is 0.140.